The van der Waals surface area contributed by atoms with Crippen molar-refractivity contribution < 1.29 is 19.5 Å². The van der Waals surface area contributed by atoms with Crippen LogP contribution in [0.15, 0.2) is 24.3 Å². The van der Waals surface area contributed by atoms with Crippen LogP contribution in [0.4, 0.5) is 0 Å². The van der Waals surface area contributed by atoms with E-state index in [4.69, 9.17) is 16.7 Å². The largest absolute Gasteiger partial charge is 0.481 e. The second-order valence-corrected chi connectivity index (χ2v) is 6.81. The van der Waals surface area contributed by atoms with Crippen LogP contribution in [0.5, 0.6) is 0 Å². The van der Waals surface area contributed by atoms with Crippen LogP contribution >= 0.6 is 11.6 Å². The van der Waals surface area contributed by atoms with Crippen molar-refractivity contribution in [1.82, 2.24) is 10.2 Å². The number of piperidine rings is 1. The van der Waals surface area contributed by atoms with E-state index in [1.54, 1.807) is 29.2 Å². The first-order valence-corrected chi connectivity index (χ1v) is 8.82. The molecule has 2 amide bonds. The molecule has 1 heterocycles. The average molecular weight is 367 g/mol. The molecule has 0 aliphatic carbocycles. The summed E-state index contributed by atoms with van der Waals surface area (Å²) in [7, 11) is 0. The number of hydrogen-bond acceptors (Lipinski definition) is 3. The number of nitrogens with one attached hydrogen (secondary N) is 1. The summed E-state index contributed by atoms with van der Waals surface area (Å²) < 4.78 is 0. The minimum absolute atomic E-state index is 0.0563. The molecule has 0 aromatic heterocycles. The number of carboxylic acid groups (broad SMARTS) is 1. The predicted octanol–water partition coefficient (Wildman–Crippen LogP) is 2.56. The predicted molar refractivity (Wildman–Crippen MR) is 94.6 cm³/mol. The normalized spacial score (nSPS) is 20.2. The summed E-state index contributed by atoms with van der Waals surface area (Å²) in [5, 5.41) is 12.5. The summed E-state index contributed by atoms with van der Waals surface area (Å²) in [6.07, 6.45) is 2.12. The van der Waals surface area contributed by atoms with Crippen LogP contribution in [-0.2, 0) is 9.59 Å². The van der Waals surface area contributed by atoms with Gasteiger partial charge < -0.3 is 15.3 Å². The number of rotatable bonds is 6. The van der Waals surface area contributed by atoms with Crippen LogP contribution in [-0.4, -0.2) is 46.9 Å². The molecule has 7 heteroatoms. The van der Waals surface area contributed by atoms with Crippen LogP contribution in [0.25, 0.3) is 0 Å². The van der Waals surface area contributed by atoms with E-state index in [0.717, 1.165) is 0 Å². The number of amides is 2. The molecule has 1 fully saturated rings. The van der Waals surface area contributed by atoms with E-state index in [1.807, 2.05) is 6.92 Å². The maximum atomic E-state index is 12.3. The van der Waals surface area contributed by atoms with E-state index in [0.29, 0.717) is 36.4 Å². The second kappa shape index (κ2) is 8.85. The van der Waals surface area contributed by atoms with Gasteiger partial charge in [0.1, 0.15) is 0 Å². The van der Waals surface area contributed by atoms with Gasteiger partial charge in [0.2, 0.25) is 5.91 Å². The first-order valence-electron chi connectivity index (χ1n) is 8.44. The topological polar surface area (TPSA) is 86.7 Å². The Hall–Kier alpha value is -2.08. The minimum atomic E-state index is -0.847. The highest BCUT2D eigenvalue weighted by Gasteiger charge is 2.32. The van der Waals surface area contributed by atoms with Crippen molar-refractivity contribution in [1.29, 1.82) is 0 Å². The molecular formula is C18H23ClN2O4. The maximum absolute atomic E-state index is 12.3. The van der Waals surface area contributed by atoms with Gasteiger partial charge in [0, 0.05) is 36.1 Å². The number of aliphatic carboxylic acids is 1. The van der Waals surface area contributed by atoms with E-state index < -0.39 is 11.9 Å². The lowest BCUT2D eigenvalue weighted by molar-refractivity contribution is -0.147. The number of likely N-dealkylation sites (tertiary alicyclic amines) is 1. The first kappa shape index (κ1) is 19.2. The Labute approximate surface area is 152 Å². The van der Waals surface area contributed by atoms with Crippen molar-refractivity contribution in [2.75, 3.05) is 13.1 Å². The minimum Gasteiger partial charge on any atom is -0.481 e. The van der Waals surface area contributed by atoms with Crippen LogP contribution < -0.4 is 5.32 Å². The number of carbonyl (C=O) groups excluding carboxylic acids is 2. The number of carboxylic acids is 1. The molecular weight excluding hydrogens is 344 g/mol. The van der Waals surface area contributed by atoms with Gasteiger partial charge in [-0.25, -0.2) is 0 Å². The van der Waals surface area contributed by atoms with Crippen molar-refractivity contribution in [2.24, 2.45) is 5.92 Å². The lowest BCUT2D eigenvalue weighted by Crippen LogP contribution is -2.47. The fourth-order valence-corrected chi connectivity index (χ4v) is 3.07. The van der Waals surface area contributed by atoms with E-state index in [-0.39, 0.29) is 30.8 Å². The van der Waals surface area contributed by atoms with Gasteiger partial charge in [-0.3, -0.25) is 14.4 Å². The highest BCUT2D eigenvalue weighted by molar-refractivity contribution is 6.30. The number of halogens is 1. The Kier molecular flexibility index (Phi) is 6.82. The summed E-state index contributed by atoms with van der Waals surface area (Å²) in [4.78, 5) is 37.1. The van der Waals surface area contributed by atoms with Gasteiger partial charge in [-0.1, -0.05) is 11.6 Å². The molecule has 2 N–H and O–H groups in total. The van der Waals surface area contributed by atoms with Crippen molar-refractivity contribution >= 4 is 29.4 Å². The molecule has 0 saturated carbocycles. The van der Waals surface area contributed by atoms with Gasteiger partial charge in [0.25, 0.3) is 5.91 Å². The summed E-state index contributed by atoms with van der Waals surface area (Å²) >= 11 is 5.78. The summed E-state index contributed by atoms with van der Waals surface area (Å²) in [6.45, 7) is 2.60. The number of carbonyl (C=O) groups is 3. The molecule has 1 aliphatic rings. The van der Waals surface area contributed by atoms with E-state index in [2.05, 4.69) is 5.32 Å². The average Bonchev–Trinajstić information content (AvgIpc) is 2.59. The Morgan fingerprint density at radius 3 is 2.56 bits per heavy atom. The summed E-state index contributed by atoms with van der Waals surface area (Å²) in [5.74, 6) is -1.59. The molecule has 0 bridgehead atoms. The molecule has 2 atom stereocenters. The van der Waals surface area contributed by atoms with E-state index >= 15 is 0 Å². The third kappa shape index (κ3) is 5.46. The SMILES string of the molecule is CC1CCC(C(=O)O)CN1C(=O)CCCNC(=O)c1ccc(Cl)cc1. The molecule has 1 aromatic carbocycles. The molecule has 0 spiro atoms. The standard InChI is InChI=1S/C18H23ClN2O4/c1-12-4-5-14(18(24)25)11-21(12)16(22)3-2-10-20-17(23)13-6-8-15(19)9-7-13/h6-9,12,14H,2-5,10-11H2,1H3,(H,20,23)(H,24,25). The van der Waals surface area contributed by atoms with Crippen LogP contribution in [0.2, 0.25) is 5.02 Å². The van der Waals surface area contributed by atoms with Crippen molar-refractivity contribution in [3.63, 3.8) is 0 Å². The fraction of sp³-hybridized carbons (Fsp3) is 0.500. The highest BCUT2D eigenvalue weighted by Crippen LogP contribution is 2.23. The van der Waals surface area contributed by atoms with Gasteiger partial charge in [0.05, 0.1) is 5.92 Å². The van der Waals surface area contributed by atoms with Gasteiger partial charge in [-0.05, 0) is 50.5 Å². The van der Waals surface area contributed by atoms with Gasteiger partial charge in [-0.2, -0.15) is 0 Å². The molecule has 1 aromatic rings. The maximum Gasteiger partial charge on any atom is 0.308 e. The lowest BCUT2D eigenvalue weighted by Gasteiger charge is -2.36. The van der Waals surface area contributed by atoms with Gasteiger partial charge in [0.15, 0.2) is 0 Å². The molecule has 2 rings (SSSR count). The van der Waals surface area contributed by atoms with Gasteiger partial charge in [-0.15, -0.1) is 0 Å². The first-order chi connectivity index (χ1) is 11.9. The second-order valence-electron chi connectivity index (χ2n) is 6.37. The van der Waals surface area contributed by atoms with Crippen molar-refractivity contribution in [3.8, 4) is 0 Å². The Morgan fingerprint density at radius 1 is 1.24 bits per heavy atom. The molecule has 136 valence electrons. The highest BCUT2D eigenvalue weighted by atomic mass is 35.5. The molecule has 25 heavy (non-hydrogen) atoms. The zero-order valence-electron chi connectivity index (χ0n) is 14.2. The molecule has 1 saturated heterocycles. The van der Waals surface area contributed by atoms with Crippen molar-refractivity contribution in [3.05, 3.63) is 34.9 Å². The van der Waals surface area contributed by atoms with E-state index in [9.17, 15) is 14.4 Å². The third-order valence-electron chi connectivity index (χ3n) is 4.51. The smallest absolute Gasteiger partial charge is 0.308 e. The molecule has 2 unspecified atom stereocenters. The van der Waals surface area contributed by atoms with E-state index in [1.165, 1.54) is 0 Å². The van der Waals surface area contributed by atoms with Crippen molar-refractivity contribution in [2.45, 2.75) is 38.6 Å². The third-order valence-corrected chi connectivity index (χ3v) is 4.76. The fourth-order valence-electron chi connectivity index (χ4n) is 2.94. The number of hydrogen-bond donors (Lipinski definition) is 2. The Morgan fingerprint density at radius 2 is 1.92 bits per heavy atom. The zero-order chi connectivity index (χ0) is 18.4. The van der Waals surface area contributed by atoms with Crippen LogP contribution in [0.1, 0.15) is 43.0 Å². The number of benzene rings is 1. The van der Waals surface area contributed by atoms with Crippen LogP contribution in [0.3, 0.4) is 0 Å². The Bertz CT molecular complexity index is 632. The summed E-state index contributed by atoms with van der Waals surface area (Å²) in [6, 6.07) is 6.65. The van der Waals surface area contributed by atoms with Crippen LogP contribution in [0, 0.1) is 5.92 Å². The summed E-state index contributed by atoms with van der Waals surface area (Å²) in [5.41, 5.74) is 0.518. The monoisotopic (exact) mass is 366 g/mol. The zero-order valence-corrected chi connectivity index (χ0v) is 15.0. The Balaban J connectivity index is 1.75. The quantitative estimate of drug-likeness (QED) is 0.757. The number of nitrogens with zero attached hydrogens (tertiary/aromatic N) is 1. The van der Waals surface area contributed by atoms with Gasteiger partial charge >= 0.3 is 5.97 Å². The molecule has 6 nitrogen and oxygen atoms in total. The lowest BCUT2D eigenvalue weighted by atomic mass is 9.93. The molecule has 1 aliphatic heterocycles. The molecule has 0 radical (unpaired) electrons.